The minimum Gasteiger partial charge on any atom is -0.507 e. The van der Waals surface area contributed by atoms with Crippen molar-refractivity contribution in [2.45, 2.75) is 181 Å². The van der Waals surface area contributed by atoms with E-state index in [1.165, 1.54) is 73.8 Å². The number of nitrogens with one attached hydrogen (secondary N) is 9. The molecule has 2 saturated heterocycles. The van der Waals surface area contributed by atoms with Crippen molar-refractivity contribution >= 4 is 70.5 Å². The van der Waals surface area contributed by atoms with Gasteiger partial charge in [0.2, 0.25) is 59.7 Å². The van der Waals surface area contributed by atoms with E-state index >= 15 is 28.8 Å². The van der Waals surface area contributed by atoms with Crippen LogP contribution in [-0.2, 0) is 54.3 Å². The van der Waals surface area contributed by atoms with Crippen LogP contribution in [0.5, 0.6) is 63.2 Å². The second-order valence-electron chi connectivity index (χ2n) is 32.0. The van der Waals surface area contributed by atoms with E-state index in [1.54, 1.807) is 14.1 Å². The van der Waals surface area contributed by atoms with E-state index in [4.69, 9.17) is 56.4 Å². The molecular weight excluding hydrogens is 1680 g/mol. The largest absolute Gasteiger partial charge is 0.507 e. The van der Waals surface area contributed by atoms with Crippen LogP contribution in [-0.4, -0.2) is 234 Å². The molecule has 8 heterocycles. The average Bonchev–Trinajstić information content (AvgIpc) is 0.764. The third kappa shape index (κ3) is 20.5. The Kier molecular flexibility index (Phi) is 28.9. The molecule has 8 aliphatic heterocycles. The van der Waals surface area contributed by atoms with Gasteiger partial charge in [0, 0.05) is 35.7 Å². The van der Waals surface area contributed by atoms with Crippen LogP contribution < -0.4 is 71.5 Å². The van der Waals surface area contributed by atoms with Gasteiger partial charge in [0.1, 0.15) is 120 Å². The summed E-state index contributed by atoms with van der Waals surface area (Å²) >= 11 is 14.3. The van der Waals surface area contributed by atoms with Crippen LogP contribution >= 0.6 is 23.2 Å². The van der Waals surface area contributed by atoms with Gasteiger partial charge in [-0.25, -0.2) is 4.79 Å². The molecule has 19 atom stereocenters. The van der Waals surface area contributed by atoms with Crippen molar-refractivity contribution < 1.29 is 133 Å². The molecule has 8 aliphatic rings. The lowest BCUT2D eigenvalue weighted by Crippen LogP contribution is -2.66. The first-order valence-electron chi connectivity index (χ1n) is 40.5. The number of halogens is 2. The fourth-order valence-corrected chi connectivity index (χ4v) is 16.1. The van der Waals surface area contributed by atoms with Crippen LogP contribution in [0, 0.1) is 5.92 Å². The minimum atomic E-state index is -2.41. The molecule has 7 aromatic carbocycles. The molecule has 21 N–H and O–H groups in total. The number of unbranched alkanes of at least 4 members (excludes halogenated alkanes) is 3. The first kappa shape index (κ1) is 91.5. The van der Waals surface area contributed by atoms with Gasteiger partial charge in [-0.2, -0.15) is 0 Å². The summed E-state index contributed by atoms with van der Waals surface area (Å²) < 4.78 is 44.6. The van der Waals surface area contributed by atoms with Crippen molar-refractivity contribution in [2.75, 3.05) is 40.8 Å². The average molecular weight is 1770 g/mol. The summed E-state index contributed by atoms with van der Waals surface area (Å²) in [6.45, 7) is 3.67. The van der Waals surface area contributed by atoms with E-state index in [-0.39, 0.29) is 64.5 Å². The fourth-order valence-electron chi connectivity index (χ4n) is 15.6. The lowest BCUT2D eigenvalue weighted by Gasteiger charge is -2.41. The highest BCUT2D eigenvalue weighted by Gasteiger charge is 2.52. The maximum absolute atomic E-state index is 16.8. The Morgan fingerprint density at radius 1 is 0.592 bits per heavy atom. The fraction of sp³-hybridized carbons (Fsp3) is 0.419. The van der Waals surface area contributed by atoms with Gasteiger partial charge in [0.25, 0.3) is 0 Å². The maximum Gasteiger partial charge on any atom is 0.335 e. The number of fused-ring (bicyclic) bond motifs is 14. The number of phenols is 3. The van der Waals surface area contributed by atoms with Crippen LogP contribution in [0.3, 0.4) is 0 Å². The summed E-state index contributed by atoms with van der Waals surface area (Å²) in [4.78, 5) is 125. The molecular formula is C86H98Cl2N10O27. The van der Waals surface area contributed by atoms with Crippen LogP contribution in [0.15, 0.2) is 121 Å². The number of hydrogen-bond acceptors (Lipinski definition) is 29. The van der Waals surface area contributed by atoms with Crippen molar-refractivity contribution in [1.82, 2.24) is 52.8 Å². The highest BCUT2D eigenvalue weighted by Crippen LogP contribution is 2.50. The van der Waals surface area contributed by atoms with E-state index in [0.29, 0.717) is 42.9 Å². The highest BCUT2D eigenvalue weighted by molar-refractivity contribution is 6.33. The van der Waals surface area contributed by atoms with Crippen LogP contribution in [0.1, 0.15) is 134 Å². The summed E-state index contributed by atoms with van der Waals surface area (Å²) in [5.74, 6) is -14.9. The van der Waals surface area contributed by atoms with Crippen molar-refractivity contribution in [3.05, 3.63) is 170 Å². The van der Waals surface area contributed by atoms with E-state index in [9.17, 15) is 70.9 Å². The van der Waals surface area contributed by atoms with Gasteiger partial charge in [-0.15, -0.1) is 0 Å². The molecule has 668 valence electrons. The number of amides is 7. The SMILES string of the molecule is CN[C@@H]1c2ccc(O)c(c2)Oc2cc(O)c(Cl)c(c2)[C@@H]2NC(=O)[C@@H](Cc3ccc(cc3)Oc3cc4cc(c3O[C@@H]3O[C@H](C(=O)O)[C@@H](O)[C@H](O)[C@H]3NC(=O)CCCCCCC(C)C)Oc3ccc(cc3Cl)[C@@H](O)[C@@H]3NC(=O)[C@H](NC(=O)[C@@H]4NC2=O)c2ccc(O)c(c2)-c2c(O[C@H]4O[C@H](CO)[C@@H](O)[C@H](O)[C@@H]4O)cccc2[C@@H](C(=O)NCCCN(C)C)NC3=O)NC1O. The molecule has 125 heavy (non-hydrogen) atoms. The molecule has 17 bridgehead atoms. The number of carbonyl (C=O) groups is 8. The monoisotopic (exact) mass is 1770 g/mol. The van der Waals surface area contributed by atoms with Gasteiger partial charge in [0.15, 0.2) is 29.1 Å². The van der Waals surface area contributed by atoms with Gasteiger partial charge in [-0.1, -0.05) is 105 Å². The first-order valence-corrected chi connectivity index (χ1v) is 41.3. The molecule has 39 heteroatoms. The van der Waals surface area contributed by atoms with E-state index < -0.39 is 237 Å². The number of hydrogen-bond donors (Lipinski definition) is 21. The predicted octanol–water partition coefficient (Wildman–Crippen LogP) is 3.47. The van der Waals surface area contributed by atoms with Gasteiger partial charge >= 0.3 is 5.97 Å². The molecule has 1 unspecified atom stereocenters. The van der Waals surface area contributed by atoms with Gasteiger partial charge < -0.3 is 142 Å². The highest BCUT2D eigenvalue weighted by atomic mass is 35.5. The number of rotatable bonds is 20. The Balaban J connectivity index is 1.05. The van der Waals surface area contributed by atoms with Crippen LogP contribution in [0.25, 0.3) is 11.1 Å². The minimum absolute atomic E-state index is 0.0281. The Bertz CT molecular complexity index is 5190. The number of aliphatic carboxylic acids is 1. The molecule has 0 aromatic heterocycles. The summed E-state index contributed by atoms with van der Waals surface area (Å²) in [5.41, 5.74) is -1.83. The zero-order valence-corrected chi connectivity index (χ0v) is 69.6. The summed E-state index contributed by atoms with van der Waals surface area (Å²) in [5, 5.41) is 162. The number of likely N-dealkylation sites (N-methyl/N-ethyl adjacent to an activating group) is 1. The van der Waals surface area contributed by atoms with Gasteiger partial charge in [0.05, 0.1) is 28.7 Å². The Hall–Kier alpha value is -11.2. The quantitative estimate of drug-likeness (QED) is 0.0486. The molecule has 15 rings (SSSR count). The Morgan fingerprint density at radius 2 is 1.26 bits per heavy atom. The Morgan fingerprint density at radius 3 is 1.96 bits per heavy atom. The number of carbonyl (C=O) groups excluding carboxylic acids is 7. The number of aliphatic hydroxyl groups excluding tert-OH is 8. The molecule has 0 aliphatic carbocycles. The summed E-state index contributed by atoms with van der Waals surface area (Å²) in [7, 11) is 5.07. The normalized spacial score (nSPS) is 26.8. The van der Waals surface area contributed by atoms with E-state index in [2.05, 4.69) is 61.7 Å². The molecule has 0 radical (unpaired) electrons. The zero-order chi connectivity index (χ0) is 89.7. The zero-order valence-electron chi connectivity index (χ0n) is 68.1. The summed E-state index contributed by atoms with van der Waals surface area (Å²) in [6.07, 6.45) is -19.0. The molecule has 37 nitrogen and oxygen atoms in total. The van der Waals surface area contributed by atoms with Gasteiger partial charge in [-0.3, -0.25) is 38.9 Å². The first-order chi connectivity index (χ1) is 59.7. The predicted molar refractivity (Wildman–Crippen MR) is 442 cm³/mol. The number of benzene rings is 7. The lowest BCUT2D eigenvalue weighted by molar-refractivity contribution is -0.277. The van der Waals surface area contributed by atoms with Crippen LogP contribution in [0.2, 0.25) is 10.0 Å². The Labute approximate surface area is 725 Å². The molecule has 7 aromatic rings. The van der Waals surface area contributed by atoms with E-state index in [1.807, 2.05) is 4.90 Å². The van der Waals surface area contributed by atoms with Crippen molar-refractivity contribution in [3.63, 3.8) is 0 Å². The standard InChI is InChI=1S/C86H98Cl2N10O27/c1-37(2)12-8-6-7-9-15-59(103)92-68-71(106)73(108)76(84(117)118)125-85(68)124-75-56-32-42-33-57(75)121-53-25-20-41(30-48(53)87)69(104)67-83(116)96-65(78(111)90-26-11-27-98(4)5)45-13-10-14-54(122-86-74(109)72(107)70(105)58(36-99)123-86)60(45)46-29-39(18-23-50(46)100)63(80(113)97-67)93-81(114)64(42)94-82(115)66-47-34-44(35-52(102)61(47)88)120-55-31-40(19-24-51(55)101)62(89-3)79(112)91-49(77(110)95-66)28-38-16-21-43(119-56)22-17-38/h10,13-14,16-25,29-35,37,49,58,62-74,76,79,85-86,89,91,99-102,104-109,112H,6-9,11-12,15,26-28,36H2,1-5H3,(H,90,111)(H,92,103)(H,93,114)(H,94,115)(H,95,110)(H,96,116)(H,97,113)(H,117,118)/t49-,58-,62-,63-,64-,65+,66+,67+,68-,69-,70-,71-,72+,73+,74+,76+,79?,85-,86+/m1/s1. The van der Waals surface area contributed by atoms with Crippen molar-refractivity contribution in [1.29, 1.82) is 0 Å². The topological polar surface area (TPSA) is 555 Å². The molecule has 2 fully saturated rings. The number of phenolic OH excluding ortho intramolecular Hbond substituents is 3. The molecule has 7 amide bonds. The second-order valence-corrected chi connectivity index (χ2v) is 32.7. The number of ether oxygens (including phenoxy) is 7. The number of aliphatic hydroxyl groups is 8. The van der Waals surface area contributed by atoms with E-state index in [0.717, 1.165) is 73.9 Å². The second kappa shape index (κ2) is 39.5. The van der Waals surface area contributed by atoms with Crippen molar-refractivity contribution in [3.8, 4) is 74.4 Å². The number of carboxylic acid groups (broad SMARTS) is 1. The lowest BCUT2D eigenvalue weighted by atomic mass is 9.89. The third-order valence-electron chi connectivity index (χ3n) is 22.3. The smallest absolute Gasteiger partial charge is 0.335 e. The summed E-state index contributed by atoms with van der Waals surface area (Å²) in [6, 6.07) is 9.17. The molecule has 0 spiro atoms. The van der Waals surface area contributed by atoms with Crippen LogP contribution in [0.4, 0.5) is 0 Å². The number of aromatic hydroxyl groups is 3. The van der Waals surface area contributed by atoms with Gasteiger partial charge in [-0.05, 0) is 159 Å². The third-order valence-corrected chi connectivity index (χ3v) is 23.0. The maximum atomic E-state index is 16.8. The molecule has 0 saturated carbocycles. The number of carboxylic acids is 1. The number of nitrogens with zero attached hydrogens (tertiary/aromatic N) is 1. The van der Waals surface area contributed by atoms with Crippen molar-refractivity contribution in [2.24, 2.45) is 5.92 Å².